The molecule has 0 spiro atoms. The van der Waals surface area contributed by atoms with Crippen molar-refractivity contribution in [1.82, 2.24) is 4.98 Å². The van der Waals surface area contributed by atoms with Crippen molar-refractivity contribution >= 4 is 43.3 Å². The van der Waals surface area contributed by atoms with Gasteiger partial charge in [0.25, 0.3) is 0 Å². The molecule has 0 aliphatic rings. The molecule has 6 nitrogen and oxygen atoms in total. The van der Waals surface area contributed by atoms with Crippen LogP contribution in [0.5, 0.6) is 0 Å². The molecule has 0 radical (unpaired) electrons. The summed E-state index contributed by atoms with van der Waals surface area (Å²) < 4.78 is 35.1. The van der Waals surface area contributed by atoms with Crippen LogP contribution in [0.3, 0.4) is 0 Å². The standard InChI is InChI=1S/C17H19N3O3S.Na/c1-19(2)12-6-5-11-7-14-16(18-15(11)8-12)9-13(20(3)4)10-17(14)24(21,22)23;/h5-10H,1-4H3,(H,21,22,23);/q;+1/p-1. The minimum Gasteiger partial charge on any atom is -0.744 e. The van der Waals surface area contributed by atoms with Crippen LogP contribution in [0, 0.1) is 0 Å². The van der Waals surface area contributed by atoms with E-state index in [1.54, 1.807) is 31.1 Å². The normalized spacial score (nSPS) is 11.4. The van der Waals surface area contributed by atoms with Crippen LogP contribution >= 0.6 is 0 Å². The van der Waals surface area contributed by atoms with Gasteiger partial charge in [0.2, 0.25) is 0 Å². The second-order valence-corrected chi connectivity index (χ2v) is 7.47. The first kappa shape index (κ1) is 19.9. The van der Waals surface area contributed by atoms with Gasteiger partial charge in [-0.05, 0) is 30.3 Å². The van der Waals surface area contributed by atoms with Crippen molar-refractivity contribution in [2.24, 2.45) is 0 Å². The zero-order chi connectivity index (χ0) is 17.6. The van der Waals surface area contributed by atoms with Crippen LogP contribution in [0.25, 0.3) is 21.8 Å². The maximum atomic E-state index is 11.7. The largest absolute Gasteiger partial charge is 1.00 e. The van der Waals surface area contributed by atoms with Gasteiger partial charge in [-0.25, -0.2) is 13.4 Å². The van der Waals surface area contributed by atoms with Gasteiger partial charge in [0.15, 0.2) is 0 Å². The summed E-state index contributed by atoms with van der Waals surface area (Å²) in [5.74, 6) is 0. The molecule has 0 N–H and O–H groups in total. The van der Waals surface area contributed by atoms with Crippen LogP contribution < -0.4 is 39.4 Å². The number of fused-ring (bicyclic) bond motifs is 2. The molecule has 0 aliphatic carbocycles. The minimum absolute atomic E-state index is 0. The van der Waals surface area contributed by atoms with Gasteiger partial charge in [0.05, 0.1) is 15.9 Å². The third-order valence-electron chi connectivity index (χ3n) is 3.96. The van der Waals surface area contributed by atoms with Gasteiger partial charge in [-0.1, -0.05) is 6.07 Å². The SMILES string of the molecule is CN(C)c1ccc2cc3c(S(=O)(=O)[O-])cc(N(C)C)cc3nc2c1.[Na+]. The van der Waals surface area contributed by atoms with Crippen LogP contribution in [0.15, 0.2) is 41.3 Å². The smallest absolute Gasteiger partial charge is 0.744 e. The van der Waals surface area contributed by atoms with E-state index in [0.29, 0.717) is 16.6 Å². The first-order valence-electron chi connectivity index (χ1n) is 7.36. The van der Waals surface area contributed by atoms with Crippen molar-refractivity contribution in [3.8, 4) is 0 Å². The summed E-state index contributed by atoms with van der Waals surface area (Å²) in [7, 11) is 2.85. The van der Waals surface area contributed by atoms with Gasteiger partial charge in [0.1, 0.15) is 10.1 Å². The summed E-state index contributed by atoms with van der Waals surface area (Å²) in [6, 6.07) is 10.6. The van der Waals surface area contributed by atoms with Gasteiger partial charge in [-0.15, -0.1) is 0 Å². The molecule has 0 aliphatic heterocycles. The molecule has 3 aromatic rings. The van der Waals surface area contributed by atoms with Crippen molar-refractivity contribution in [2.45, 2.75) is 4.90 Å². The van der Waals surface area contributed by atoms with Gasteiger partial charge < -0.3 is 14.4 Å². The molecule has 0 unspecified atom stereocenters. The van der Waals surface area contributed by atoms with E-state index >= 15 is 0 Å². The van der Waals surface area contributed by atoms with Crippen LogP contribution in [0.1, 0.15) is 0 Å². The van der Waals surface area contributed by atoms with E-state index in [9.17, 15) is 13.0 Å². The average Bonchev–Trinajstić information content (AvgIpc) is 2.50. The molecule has 1 aromatic heterocycles. The fraction of sp³-hybridized carbons (Fsp3) is 0.235. The van der Waals surface area contributed by atoms with E-state index in [1.807, 2.05) is 37.2 Å². The van der Waals surface area contributed by atoms with Crippen LogP contribution in [-0.4, -0.2) is 46.1 Å². The van der Waals surface area contributed by atoms with Gasteiger partial charge >= 0.3 is 29.6 Å². The molecular weight excluding hydrogens is 349 g/mol. The van der Waals surface area contributed by atoms with Gasteiger partial charge in [-0.3, -0.25) is 0 Å². The molecule has 0 saturated heterocycles. The number of nitrogens with zero attached hydrogens (tertiary/aromatic N) is 3. The zero-order valence-electron chi connectivity index (χ0n) is 14.9. The van der Waals surface area contributed by atoms with E-state index in [0.717, 1.165) is 16.6 Å². The van der Waals surface area contributed by atoms with E-state index in [-0.39, 0.29) is 34.5 Å². The molecule has 0 amide bonds. The van der Waals surface area contributed by atoms with Gasteiger partial charge in [-0.2, -0.15) is 0 Å². The zero-order valence-corrected chi connectivity index (χ0v) is 17.8. The summed E-state index contributed by atoms with van der Waals surface area (Å²) in [4.78, 5) is 8.05. The number of rotatable bonds is 3. The second-order valence-electron chi connectivity index (χ2n) is 6.12. The molecule has 2 aromatic carbocycles. The topological polar surface area (TPSA) is 76.6 Å². The number of pyridine rings is 1. The number of anilines is 2. The fourth-order valence-corrected chi connectivity index (χ4v) is 3.31. The maximum Gasteiger partial charge on any atom is 1.00 e. The van der Waals surface area contributed by atoms with Crippen molar-refractivity contribution in [1.29, 1.82) is 0 Å². The maximum absolute atomic E-state index is 11.7. The number of hydrogen-bond acceptors (Lipinski definition) is 6. The molecule has 25 heavy (non-hydrogen) atoms. The summed E-state index contributed by atoms with van der Waals surface area (Å²) in [6.07, 6.45) is 0. The third kappa shape index (κ3) is 3.91. The summed E-state index contributed by atoms with van der Waals surface area (Å²) in [5.41, 5.74) is 2.85. The average molecular weight is 367 g/mol. The predicted molar refractivity (Wildman–Crippen MR) is 95.9 cm³/mol. The van der Waals surface area contributed by atoms with Crippen molar-refractivity contribution in [3.05, 3.63) is 36.4 Å². The first-order valence-corrected chi connectivity index (χ1v) is 8.77. The molecule has 126 valence electrons. The molecule has 1 heterocycles. The Bertz CT molecular complexity index is 1050. The van der Waals surface area contributed by atoms with Crippen molar-refractivity contribution in [3.63, 3.8) is 0 Å². The summed E-state index contributed by atoms with van der Waals surface area (Å²) in [5, 5.41) is 1.14. The van der Waals surface area contributed by atoms with Gasteiger partial charge in [0, 0.05) is 50.3 Å². The molecular formula is C17H18N3NaO3S. The monoisotopic (exact) mass is 367 g/mol. The van der Waals surface area contributed by atoms with Crippen LogP contribution in [-0.2, 0) is 10.1 Å². The predicted octanol–water partition coefficient (Wildman–Crippen LogP) is -0.572. The molecule has 0 saturated carbocycles. The Balaban J connectivity index is 0.00000225. The molecule has 3 rings (SSSR count). The molecule has 8 heteroatoms. The van der Waals surface area contributed by atoms with E-state index < -0.39 is 10.1 Å². The molecule has 0 bridgehead atoms. The van der Waals surface area contributed by atoms with E-state index in [4.69, 9.17) is 0 Å². The number of aromatic nitrogens is 1. The van der Waals surface area contributed by atoms with E-state index in [2.05, 4.69) is 4.98 Å². The van der Waals surface area contributed by atoms with Crippen LogP contribution in [0.2, 0.25) is 0 Å². The Kier molecular flexibility index (Phi) is 5.65. The quantitative estimate of drug-likeness (QED) is 0.351. The van der Waals surface area contributed by atoms with Crippen molar-refractivity contribution < 1.29 is 42.5 Å². The minimum atomic E-state index is -4.60. The Morgan fingerprint density at radius 2 is 1.48 bits per heavy atom. The Morgan fingerprint density at radius 1 is 0.880 bits per heavy atom. The number of benzene rings is 2. The first-order chi connectivity index (χ1) is 11.2. The Labute approximate surface area is 169 Å². The summed E-state index contributed by atoms with van der Waals surface area (Å²) >= 11 is 0. The van der Waals surface area contributed by atoms with Crippen molar-refractivity contribution in [2.75, 3.05) is 38.0 Å². The third-order valence-corrected chi connectivity index (χ3v) is 4.84. The number of hydrogen-bond donors (Lipinski definition) is 0. The molecule has 0 fully saturated rings. The second kappa shape index (κ2) is 7.09. The van der Waals surface area contributed by atoms with Crippen LogP contribution in [0.4, 0.5) is 11.4 Å². The van der Waals surface area contributed by atoms with E-state index in [1.165, 1.54) is 6.07 Å². The Morgan fingerprint density at radius 3 is 2.04 bits per heavy atom. The molecule has 0 atom stereocenters. The summed E-state index contributed by atoms with van der Waals surface area (Å²) in [6.45, 7) is 0. The Hall–Kier alpha value is -1.38. The fourth-order valence-electron chi connectivity index (χ4n) is 2.61.